The minimum atomic E-state index is -2.31. The van der Waals surface area contributed by atoms with Crippen molar-refractivity contribution in [2.75, 3.05) is 38.0 Å². The Balaban J connectivity index is 1.54. The molecule has 5 nitrogen and oxygen atoms in total. The largest absolute Gasteiger partial charge is 0.383 e. The maximum atomic E-state index is 13.8. The number of pyridine rings is 1. The van der Waals surface area contributed by atoms with E-state index in [2.05, 4.69) is 15.6 Å². The summed E-state index contributed by atoms with van der Waals surface area (Å²) in [6, 6.07) is 7.21. The molecule has 0 fully saturated rings. The quantitative estimate of drug-likeness (QED) is 0.260. The average molecular weight is 487 g/mol. The van der Waals surface area contributed by atoms with Gasteiger partial charge in [-0.25, -0.2) is 22.0 Å². The van der Waals surface area contributed by atoms with Gasteiger partial charge in [0, 0.05) is 48.5 Å². The minimum Gasteiger partial charge on any atom is -0.383 e. The molecule has 0 radical (unpaired) electrons. The molecule has 0 unspecified atom stereocenters. The third-order valence-corrected chi connectivity index (χ3v) is 5.28. The first-order valence-electron chi connectivity index (χ1n) is 10.0. The van der Waals surface area contributed by atoms with Gasteiger partial charge in [0.05, 0.1) is 5.52 Å². The summed E-state index contributed by atoms with van der Waals surface area (Å²) in [4.78, 5) is 18.2. The number of rotatable bonds is 9. The lowest BCUT2D eigenvalue weighted by Crippen LogP contribution is -2.37. The molecule has 0 atom stereocenters. The van der Waals surface area contributed by atoms with Crippen LogP contribution < -0.4 is 10.6 Å². The maximum absolute atomic E-state index is 13.8. The Morgan fingerprint density at radius 1 is 0.970 bits per heavy atom. The van der Waals surface area contributed by atoms with E-state index >= 15 is 0 Å². The molecule has 11 heteroatoms. The molecule has 33 heavy (non-hydrogen) atoms. The first-order chi connectivity index (χ1) is 15.7. The molecule has 3 aromatic rings. The highest BCUT2D eigenvalue weighted by Gasteiger charge is 2.29. The number of carbonyl (C=O) groups excluding carboxylic acids is 1. The van der Waals surface area contributed by atoms with Crippen LogP contribution in [0, 0.1) is 29.1 Å². The summed E-state index contributed by atoms with van der Waals surface area (Å²) in [5.41, 5.74) is 0.115. The first-order valence-corrected chi connectivity index (χ1v) is 10.4. The number of aromatic nitrogens is 1. The highest BCUT2D eigenvalue weighted by Crippen LogP contribution is 2.24. The monoisotopic (exact) mass is 486 g/mol. The molecule has 0 aliphatic heterocycles. The van der Waals surface area contributed by atoms with E-state index in [-0.39, 0.29) is 6.54 Å². The van der Waals surface area contributed by atoms with Gasteiger partial charge in [-0.3, -0.25) is 9.78 Å². The Kier molecular flexibility index (Phi) is 8.04. The molecule has 0 saturated carbocycles. The fraction of sp³-hybridized carbons (Fsp3) is 0.273. The van der Waals surface area contributed by atoms with Gasteiger partial charge in [-0.05, 0) is 30.8 Å². The zero-order valence-electron chi connectivity index (χ0n) is 17.5. The van der Waals surface area contributed by atoms with Crippen LogP contribution >= 0.6 is 11.6 Å². The van der Waals surface area contributed by atoms with Gasteiger partial charge < -0.3 is 15.5 Å². The molecule has 0 bridgehead atoms. The van der Waals surface area contributed by atoms with E-state index in [1.807, 2.05) is 24.0 Å². The van der Waals surface area contributed by atoms with Crippen molar-refractivity contribution in [1.82, 2.24) is 15.2 Å². The van der Waals surface area contributed by atoms with E-state index in [9.17, 15) is 26.7 Å². The van der Waals surface area contributed by atoms with Crippen molar-refractivity contribution in [2.45, 2.75) is 6.92 Å². The fourth-order valence-electron chi connectivity index (χ4n) is 3.27. The topological polar surface area (TPSA) is 57.3 Å². The van der Waals surface area contributed by atoms with Crippen LogP contribution in [0.5, 0.6) is 0 Å². The van der Waals surface area contributed by atoms with Crippen molar-refractivity contribution < 1.29 is 26.7 Å². The molecule has 3 rings (SSSR count). The zero-order chi connectivity index (χ0) is 24.1. The van der Waals surface area contributed by atoms with Crippen molar-refractivity contribution in [1.29, 1.82) is 0 Å². The average Bonchev–Trinajstić information content (AvgIpc) is 2.80. The number of anilines is 1. The van der Waals surface area contributed by atoms with Gasteiger partial charge in [0.25, 0.3) is 5.91 Å². The van der Waals surface area contributed by atoms with E-state index in [1.165, 1.54) is 0 Å². The highest BCUT2D eigenvalue weighted by atomic mass is 35.5. The molecule has 0 aliphatic carbocycles. The summed E-state index contributed by atoms with van der Waals surface area (Å²) in [5, 5.41) is 6.98. The molecule has 1 amide bonds. The van der Waals surface area contributed by atoms with Gasteiger partial charge in [0.15, 0.2) is 23.3 Å². The molecular formula is C22H20ClF5N4O. The molecule has 0 spiro atoms. The number of carbonyl (C=O) groups is 1. The molecule has 176 valence electrons. The Labute approximate surface area is 191 Å². The predicted octanol–water partition coefficient (Wildman–Crippen LogP) is 4.75. The molecular weight excluding hydrogens is 467 g/mol. The Morgan fingerprint density at radius 2 is 1.61 bits per heavy atom. The molecule has 0 aliphatic rings. The van der Waals surface area contributed by atoms with Crippen LogP contribution in [-0.2, 0) is 0 Å². The highest BCUT2D eigenvalue weighted by molar-refractivity contribution is 6.31. The SMILES string of the molecule is CCN(CCNC(=O)c1c(F)c(F)c(F)c(F)c1F)CCNc1ccnc2cc(Cl)ccc12. The Bertz CT molecular complexity index is 1150. The van der Waals surface area contributed by atoms with Crippen molar-refractivity contribution in [3.8, 4) is 0 Å². The van der Waals surface area contributed by atoms with Crippen molar-refractivity contribution in [3.05, 3.63) is 70.1 Å². The van der Waals surface area contributed by atoms with Crippen LogP contribution in [-0.4, -0.2) is 48.5 Å². The Hall–Kier alpha value is -2.98. The summed E-state index contributed by atoms with van der Waals surface area (Å²) in [6.07, 6.45) is 1.66. The number of nitrogens with one attached hydrogen (secondary N) is 2. The molecule has 1 heterocycles. The number of hydrogen-bond donors (Lipinski definition) is 2. The summed E-state index contributed by atoms with van der Waals surface area (Å²) >= 11 is 5.99. The number of nitrogens with zero attached hydrogens (tertiary/aromatic N) is 2. The van der Waals surface area contributed by atoms with E-state index in [1.54, 1.807) is 18.3 Å². The van der Waals surface area contributed by atoms with E-state index in [0.29, 0.717) is 31.2 Å². The molecule has 2 aromatic carbocycles. The number of hydrogen-bond acceptors (Lipinski definition) is 4. The van der Waals surface area contributed by atoms with Crippen LogP contribution in [0.4, 0.5) is 27.6 Å². The third kappa shape index (κ3) is 5.51. The maximum Gasteiger partial charge on any atom is 0.257 e. The van der Waals surface area contributed by atoms with Gasteiger partial charge >= 0.3 is 0 Å². The second-order valence-electron chi connectivity index (χ2n) is 7.08. The fourth-order valence-corrected chi connectivity index (χ4v) is 3.44. The van der Waals surface area contributed by atoms with Crippen LogP contribution in [0.1, 0.15) is 17.3 Å². The standard InChI is InChI=1S/C22H20ClF5N4O/c1-2-32(9-7-30-14-5-6-29-15-11-12(23)3-4-13(14)15)10-8-31-22(33)16-17(24)19(26)21(28)20(27)18(16)25/h3-6,11H,2,7-10H2,1H3,(H,29,30)(H,31,33). The normalized spacial score (nSPS) is 11.3. The van der Waals surface area contributed by atoms with E-state index in [4.69, 9.17) is 11.6 Å². The van der Waals surface area contributed by atoms with Crippen LogP contribution in [0.25, 0.3) is 10.9 Å². The van der Waals surface area contributed by atoms with Crippen LogP contribution in [0.15, 0.2) is 30.5 Å². The Morgan fingerprint density at radius 3 is 2.27 bits per heavy atom. The van der Waals surface area contributed by atoms with Crippen molar-refractivity contribution in [2.24, 2.45) is 0 Å². The second-order valence-corrected chi connectivity index (χ2v) is 7.52. The van der Waals surface area contributed by atoms with Gasteiger partial charge in [-0.2, -0.15) is 0 Å². The summed E-state index contributed by atoms with van der Waals surface area (Å²) in [5.74, 6) is -12.3. The van der Waals surface area contributed by atoms with Gasteiger partial charge in [0.2, 0.25) is 5.82 Å². The summed E-state index contributed by atoms with van der Waals surface area (Å²) in [7, 11) is 0. The van der Waals surface area contributed by atoms with Gasteiger partial charge in [0.1, 0.15) is 5.56 Å². The number of fused-ring (bicyclic) bond motifs is 1. The lowest BCUT2D eigenvalue weighted by atomic mass is 10.1. The molecule has 2 N–H and O–H groups in total. The molecule has 0 saturated heterocycles. The number of likely N-dealkylation sites (N-methyl/N-ethyl adjacent to an activating group) is 1. The second kappa shape index (κ2) is 10.8. The summed E-state index contributed by atoms with van der Waals surface area (Å²) in [6.45, 7) is 3.84. The van der Waals surface area contributed by atoms with Crippen LogP contribution in [0.3, 0.4) is 0 Å². The smallest absolute Gasteiger partial charge is 0.257 e. The van der Waals surface area contributed by atoms with Crippen molar-refractivity contribution >= 4 is 34.1 Å². The lowest BCUT2D eigenvalue weighted by molar-refractivity contribution is 0.0937. The lowest BCUT2D eigenvalue weighted by Gasteiger charge is -2.21. The number of halogens is 6. The van der Waals surface area contributed by atoms with E-state index < -0.39 is 40.6 Å². The van der Waals surface area contributed by atoms with Gasteiger partial charge in [-0.15, -0.1) is 0 Å². The third-order valence-electron chi connectivity index (χ3n) is 5.05. The molecule has 1 aromatic heterocycles. The zero-order valence-corrected chi connectivity index (χ0v) is 18.2. The van der Waals surface area contributed by atoms with Crippen molar-refractivity contribution in [3.63, 3.8) is 0 Å². The minimum absolute atomic E-state index is 0.0527. The first kappa shape index (κ1) is 24.7. The van der Waals surface area contributed by atoms with E-state index in [0.717, 1.165) is 16.6 Å². The number of amides is 1. The summed E-state index contributed by atoms with van der Waals surface area (Å²) < 4.78 is 67.2. The predicted molar refractivity (Wildman–Crippen MR) is 116 cm³/mol. The number of benzene rings is 2. The van der Waals surface area contributed by atoms with Crippen LogP contribution in [0.2, 0.25) is 5.02 Å². The van der Waals surface area contributed by atoms with Gasteiger partial charge in [-0.1, -0.05) is 18.5 Å².